The van der Waals surface area contributed by atoms with Gasteiger partial charge in [-0.15, -0.1) is 0 Å². The van der Waals surface area contributed by atoms with E-state index in [1.54, 1.807) is 0 Å². The lowest BCUT2D eigenvalue weighted by atomic mass is 10.1. The number of ether oxygens (including phenoxy) is 1. The molecule has 0 aliphatic heterocycles. The lowest BCUT2D eigenvalue weighted by Gasteiger charge is -2.14. The van der Waals surface area contributed by atoms with Crippen LogP contribution in [0.5, 0.6) is 0 Å². The summed E-state index contributed by atoms with van der Waals surface area (Å²) in [6.45, 7) is 5.03. The van der Waals surface area contributed by atoms with Gasteiger partial charge < -0.3 is 4.74 Å². The van der Waals surface area contributed by atoms with E-state index in [4.69, 9.17) is 0 Å². The summed E-state index contributed by atoms with van der Waals surface area (Å²) in [6, 6.07) is 0. The Morgan fingerprint density at radius 1 is 1.29 bits per heavy atom. The molecule has 2 nitrogen and oxygen atoms in total. The molecule has 0 radical (unpaired) electrons. The van der Waals surface area contributed by atoms with Crippen molar-refractivity contribution in [3.05, 3.63) is 0 Å². The summed E-state index contributed by atoms with van der Waals surface area (Å²) < 4.78 is 40.2. The fourth-order valence-electron chi connectivity index (χ4n) is 0.822. The highest BCUT2D eigenvalue weighted by Gasteiger charge is 2.33. The molecule has 1 atom stereocenters. The third-order valence-electron chi connectivity index (χ3n) is 1.50. The summed E-state index contributed by atoms with van der Waals surface area (Å²) in [6.07, 6.45) is -5.43. The summed E-state index contributed by atoms with van der Waals surface area (Å²) in [5, 5.41) is 0. The van der Waals surface area contributed by atoms with E-state index >= 15 is 0 Å². The zero-order chi connectivity index (χ0) is 11.4. The average Bonchev–Trinajstić information content (AvgIpc) is 1.96. The molecule has 0 heterocycles. The van der Waals surface area contributed by atoms with Crippen molar-refractivity contribution < 1.29 is 22.7 Å². The molecule has 0 rings (SSSR count). The smallest absolute Gasteiger partial charge is 0.389 e. The van der Waals surface area contributed by atoms with E-state index in [-0.39, 0.29) is 12.5 Å². The van der Waals surface area contributed by atoms with E-state index in [0.29, 0.717) is 0 Å². The number of hydrogen-bond acceptors (Lipinski definition) is 2. The Morgan fingerprint density at radius 3 is 2.14 bits per heavy atom. The van der Waals surface area contributed by atoms with Gasteiger partial charge >= 0.3 is 12.1 Å². The van der Waals surface area contributed by atoms with E-state index in [1.165, 1.54) is 6.92 Å². The van der Waals surface area contributed by atoms with Gasteiger partial charge in [0.2, 0.25) is 0 Å². The highest BCUT2D eigenvalue weighted by atomic mass is 19.4. The molecule has 0 aliphatic carbocycles. The molecule has 1 unspecified atom stereocenters. The number of halogens is 3. The predicted octanol–water partition coefficient (Wildman–Crippen LogP) is 2.77. The molecule has 0 saturated heterocycles. The third kappa shape index (κ3) is 6.74. The second-order valence-electron chi connectivity index (χ2n) is 3.74. The van der Waals surface area contributed by atoms with Crippen LogP contribution in [-0.4, -0.2) is 18.8 Å². The van der Waals surface area contributed by atoms with Crippen LogP contribution in [0.3, 0.4) is 0 Å². The maximum atomic E-state index is 11.9. The van der Waals surface area contributed by atoms with Gasteiger partial charge in [0.1, 0.15) is 0 Å². The summed E-state index contributed by atoms with van der Waals surface area (Å²) in [5.74, 6) is -1.76. The van der Waals surface area contributed by atoms with Gasteiger partial charge in [-0.2, -0.15) is 13.2 Å². The molecule has 0 fully saturated rings. The van der Waals surface area contributed by atoms with Gasteiger partial charge in [0, 0.05) is 0 Å². The van der Waals surface area contributed by atoms with Crippen LogP contribution in [0.2, 0.25) is 0 Å². The summed E-state index contributed by atoms with van der Waals surface area (Å²) in [7, 11) is 0. The summed E-state index contributed by atoms with van der Waals surface area (Å²) in [4.78, 5) is 11.0. The number of hydrogen-bond donors (Lipinski definition) is 0. The molecule has 14 heavy (non-hydrogen) atoms. The van der Waals surface area contributed by atoms with E-state index in [1.807, 2.05) is 13.8 Å². The van der Waals surface area contributed by atoms with Gasteiger partial charge in [0.05, 0.1) is 18.9 Å². The molecule has 5 heteroatoms. The van der Waals surface area contributed by atoms with Crippen molar-refractivity contribution in [1.29, 1.82) is 0 Å². The number of esters is 1. The first-order valence-corrected chi connectivity index (χ1v) is 4.45. The van der Waals surface area contributed by atoms with Crippen molar-refractivity contribution >= 4 is 5.97 Å². The minimum Gasteiger partial charge on any atom is -0.465 e. The normalized spacial score (nSPS) is 14.2. The largest absolute Gasteiger partial charge is 0.465 e. The van der Waals surface area contributed by atoms with Crippen LogP contribution in [-0.2, 0) is 9.53 Å². The first-order valence-electron chi connectivity index (χ1n) is 4.45. The van der Waals surface area contributed by atoms with Crippen LogP contribution in [0.1, 0.15) is 27.2 Å². The standard InChI is InChI=1S/C9H15F3O2/c1-6(2)5-14-8(13)7(3)4-9(10,11)12/h6-7H,4-5H2,1-3H3. The molecule has 0 saturated carbocycles. The average molecular weight is 212 g/mol. The Bertz CT molecular complexity index is 187. The van der Waals surface area contributed by atoms with E-state index in [0.717, 1.165) is 0 Å². The first-order chi connectivity index (χ1) is 6.22. The topological polar surface area (TPSA) is 26.3 Å². The lowest BCUT2D eigenvalue weighted by molar-refractivity contribution is -0.167. The minimum atomic E-state index is -4.31. The molecule has 0 aromatic heterocycles. The maximum Gasteiger partial charge on any atom is 0.389 e. The van der Waals surface area contributed by atoms with Crippen molar-refractivity contribution in [2.75, 3.05) is 6.61 Å². The second kappa shape index (κ2) is 5.22. The lowest BCUT2D eigenvalue weighted by Crippen LogP contribution is -2.23. The Labute approximate surface area is 81.4 Å². The van der Waals surface area contributed by atoms with Crippen LogP contribution >= 0.6 is 0 Å². The van der Waals surface area contributed by atoms with Crippen LogP contribution in [0.25, 0.3) is 0 Å². The molecule has 0 aromatic rings. The fraction of sp³-hybridized carbons (Fsp3) is 0.889. The highest BCUT2D eigenvalue weighted by Crippen LogP contribution is 2.25. The van der Waals surface area contributed by atoms with Crippen LogP contribution in [0.15, 0.2) is 0 Å². The first kappa shape index (κ1) is 13.3. The van der Waals surface area contributed by atoms with Gasteiger partial charge in [-0.3, -0.25) is 4.79 Å². The van der Waals surface area contributed by atoms with Gasteiger partial charge in [-0.25, -0.2) is 0 Å². The third-order valence-corrected chi connectivity index (χ3v) is 1.50. The van der Waals surface area contributed by atoms with Crippen molar-refractivity contribution in [3.63, 3.8) is 0 Å². The summed E-state index contributed by atoms with van der Waals surface area (Å²) >= 11 is 0. The van der Waals surface area contributed by atoms with Crippen LogP contribution < -0.4 is 0 Å². The summed E-state index contributed by atoms with van der Waals surface area (Å²) in [5.41, 5.74) is 0. The number of rotatable bonds is 4. The van der Waals surface area contributed by atoms with E-state index in [2.05, 4.69) is 4.74 Å². The second-order valence-corrected chi connectivity index (χ2v) is 3.74. The number of alkyl halides is 3. The minimum absolute atomic E-state index is 0.136. The SMILES string of the molecule is CC(C)COC(=O)C(C)CC(F)(F)F. The van der Waals surface area contributed by atoms with Gasteiger partial charge in [-0.1, -0.05) is 20.8 Å². The molecule has 0 aromatic carbocycles. The number of carbonyl (C=O) groups excluding carboxylic acids is 1. The van der Waals surface area contributed by atoms with Crippen molar-refractivity contribution in [3.8, 4) is 0 Å². The van der Waals surface area contributed by atoms with Crippen LogP contribution in [0, 0.1) is 11.8 Å². The van der Waals surface area contributed by atoms with Crippen LogP contribution in [0.4, 0.5) is 13.2 Å². The molecule has 0 N–H and O–H groups in total. The quantitative estimate of drug-likeness (QED) is 0.670. The molecule has 0 bridgehead atoms. The van der Waals surface area contributed by atoms with Gasteiger partial charge in [0.15, 0.2) is 0 Å². The Balaban J connectivity index is 3.88. The molecule has 0 aliphatic rings. The van der Waals surface area contributed by atoms with Crippen molar-refractivity contribution in [2.24, 2.45) is 11.8 Å². The molecule has 84 valence electrons. The van der Waals surface area contributed by atoms with Gasteiger partial charge in [0.25, 0.3) is 0 Å². The molecular weight excluding hydrogens is 197 g/mol. The molecular formula is C9H15F3O2. The zero-order valence-electron chi connectivity index (χ0n) is 8.52. The Hall–Kier alpha value is -0.740. The monoisotopic (exact) mass is 212 g/mol. The van der Waals surface area contributed by atoms with Crippen molar-refractivity contribution in [1.82, 2.24) is 0 Å². The zero-order valence-corrected chi connectivity index (χ0v) is 8.52. The predicted molar refractivity (Wildman–Crippen MR) is 45.6 cm³/mol. The fourth-order valence-corrected chi connectivity index (χ4v) is 0.822. The number of carbonyl (C=O) groups is 1. The van der Waals surface area contributed by atoms with Crippen molar-refractivity contribution in [2.45, 2.75) is 33.4 Å². The highest BCUT2D eigenvalue weighted by molar-refractivity contribution is 5.72. The maximum absolute atomic E-state index is 11.9. The van der Waals surface area contributed by atoms with Gasteiger partial charge in [-0.05, 0) is 5.92 Å². The van der Waals surface area contributed by atoms with E-state index < -0.39 is 24.5 Å². The molecule has 0 spiro atoms. The Morgan fingerprint density at radius 2 is 1.79 bits per heavy atom. The Kier molecular flexibility index (Phi) is 4.94. The van der Waals surface area contributed by atoms with E-state index in [9.17, 15) is 18.0 Å². The molecule has 0 amide bonds.